The van der Waals surface area contributed by atoms with E-state index >= 15 is 0 Å². The second-order valence-corrected chi connectivity index (χ2v) is 10.2. The Morgan fingerprint density at radius 2 is 1.21 bits per heavy atom. The smallest absolute Gasteiger partial charge is 0.392 e. The molecule has 0 bridgehead atoms. The second-order valence-electron chi connectivity index (χ2n) is 8.14. The summed E-state index contributed by atoms with van der Waals surface area (Å²) in [5.74, 6) is -0.368. The molecule has 3 aromatic rings. The molecule has 8 heteroatoms. The van der Waals surface area contributed by atoms with Gasteiger partial charge in [-0.25, -0.2) is 4.79 Å². The van der Waals surface area contributed by atoms with E-state index in [4.69, 9.17) is 4.74 Å². The molecule has 180 valence electrons. The molecule has 0 aliphatic rings. The third kappa shape index (κ3) is 5.86. The summed E-state index contributed by atoms with van der Waals surface area (Å²) in [7, 11) is -0.634. The lowest BCUT2D eigenvalue weighted by Crippen LogP contribution is -2.15. The van der Waals surface area contributed by atoms with E-state index < -0.39 is 36.1 Å². The van der Waals surface area contributed by atoms with E-state index in [1.165, 1.54) is 12.1 Å². The van der Waals surface area contributed by atoms with Crippen LogP contribution in [0.5, 0.6) is 11.5 Å². The second kappa shape index (κ2) is 10.0. The molecule has 3 rings (SSSR count). The van der Waals surface area contributed by atoms with Crippen LogP contribution in [0.25, 0.3) is 0 Å². The maximum absolute atomic E-state index is 12.3. The minimum absolute atomic E-state index is 0.158. The highest BCUT2D eigenvalue weighted by atomic mass is 32.2. The molecule has 0 aliphatic carbocycles. The number of rotatable bonds is 6. The zero-order valence-corrected chi connectivity index (χ0v) is 20.1. The van der Waals surface area contributed by atoms with Crippen molar-refractivity contribution in [3.05, 3.63) is 76.3 Å². The van der Waals surface area contributed by atoms with Gasteiger partial charge in [0.25, 0.3) is 0 Å². The number of carbonyl (C=O) groups excluding carboxylic acids is 1. The van der Waals surface area contributed by atoms with Crippen molar-refractivity contribution in [1.82, 2.24) is 0 Å². The molecule has 4 nitrogen and oxygen atoms in total. The van der Waals surface area contributed by atoms with E-state index in [0.717, 1.165) is 36.9 Å². The molecule has 0 spiro atoms. The summed E-state index contributed by atoms with van der Waals surface area (Å²) in [6.07, 6.45) is -5.58. The number of benzene rings is 3. The zero-order chi connectivity index (χ0) is 25.2. The van der Waals surface area contributed by atoms with Crippen LogP contribution < -0.4 is 0 Å². The van der Waals surface area contributed by atoms with Crippen LogP contribution in [0.2, 0.25) is 0 Å². The van der Waals surface area contributed by atoms with Crippen molar-refractivity contribution in [2.45, 2.75) is 55.0 Å². The third-order valence-corrected chi connectivity index (χ3v) is 7.50. The van der Waals surface area contributed by atoms with E-state index in [0.29, 0.717) is 0 Å². The van der Waals surface area contributed by atoms with E-state index in [-0.39, 0.29) is 17.1 Å². The van der Waals surface area contributed by atoms with Gasteiger partial charge in [0, 0.05) is 24.3 Å². The summed E-state index contributed by atoms with van der Waals surface area (Å²) < 4.78 is 41.7. The van der Waals surface area contributed by atoms with Crippen LogP contribution >= 0.6 is 0 Å². The van der Waals surface area contributed by atoms with Gasteiger partial charge in [0.2, 0.25) is 0 Å². The molecule has 0 radical (unpaired) electrons. The Kier molecular flexibility index (Phi) is 7.51. The van der Waals surface area contributed by atoms with Crippen molar-refractivity contribution in [3.8, 4) is 11.5 Å². The summed E-state index contributed by atoms with van der Waals surface area (Å²) in [5, 5.41) is 20.5. The number of alkyl halides is 3. The van der Waals surface area contributed by atoms with Crippen LogP contribution in [-0.4, -0.2) is 29.0 Å². The van der Waals surface area contributed by atoms with Gasteiger partial charge in [-0.05, 0) is 74.2 Å². The summed E-state index contributed by atoms with van der Waals surface area (Å²) in [5.41, 5.74) is 3.06. The number of hydrogen-bond donors (Lipinski definition) is 2. The first-order valence-electron chi connectivity index (χ1n) is 10.6. The van der Waals surface area contributed by atoms with Crippen LogP contribution in [-0.2, 0) is 15.6 Å². The number of phenolic OH excluding ortho intramolecular Hbond substituents is 2. The predicted molar refractivity (Wildman–Crippen MR) is 125 cm³/mol. The van der Waals surface area contributed by atoms with Crippen LogP contribution in [0.4, 0.5) is 13.2 Å². The number of carbonyl (C=O) groups is 1. The predicted octanol–water partition coefficient (Wildman–Crippen LogP) is 6.54. The summed E-state index contributed by atoms with van der Waals surface area (Å²) in [6, 6.07) is 14.2. The van der Waals surface area contributed by atoms with Gasteiger partial charge >= 0.3 is 12.1 Å². The van der Waals surface area contributed by atoms with Crippen molar-refractivity contribution < 1.29 is 32.9 Å². The molecule has 0 unspecified atom stereocenters. The first-order chi connectivity index (χ1) is 15.9. The maximum Gasteiger partial charge on any atom is 0.392 e. The summed E-state index contributed by atoms with van der Waals surface area (Å²) in [6.45, 7) is 6.55. The third-order valence-electron chi connectivity index (χ3n) is 5.34. The molecule has 0 saturated heterocycles. The molecule has 0 saturated carbocycles. The Bertz CT molecular complexity index is 1100. The SMILES string of the molecule is Cc1cc([S+](c2ccc(C(=O)OCCC(F)(F)F)cc2)c2cc(C)c(O)c(C)c2)cc(C)c1O. The Hall–Kier alpha value is -3.13. The van der Waals surface area contributed by atoms with Gasteiger partial charge in [0.05, 0.1) is 22.9 Å². The fraction of sp³-hybridized carbons (Fsp3) is 0.269. The summed E-state index contributed by atoms with van der Waals surface area (Å²) in [4.78, 5) is 14.9. The van der Waals surface area contributed by atoms with Crippen molar-refractivity contribution in [2.24, 2.45) is 0 Å². The highest BCUT2D eigenvalue weighted by molar-refractivity contribution is 7.97. The number of phenols is 2. The number of aromatic hydroxyl groups is 2. The Labute approximate surface area is 199 Å². The lowest BCUT2D eigenvalue weighted by Gasteiger charge is -2.13. The van der Waals surface area contributed by atoms with E-state index in [1.54, 1.807) is 12.1 Å². The van der Waals surface area contributed by atoms with Crippen LogP contribution in [0.3, 0.4) is 0 Å². The molecule has 3 aromatic carbocycles. The van der Waals surface area contributed by atoms with E-state index in [1.807, 2.05) is 52.0 Å². The largest absolute Gasteiger partial charge is 0.507 e. The molecular weight excluding hydrogens is 465 g/mol. The van der Waals surface area contributed by atoms with Gasteiger partial charge in [0.1, 0.15) is 18.1 Å². The lowest BCUT2D eigenvalue weighted by atomic mass is 10.1. The van der Waals surface area contributed by atoms with Crippen LogP contribution in [0.15, 0.2) is 63.2 Å². The zero-order valence-electron chi connectivity index (χ0n) is 19.3. The molecule has 0 aromatic heterocycles. The van der Waals surface area contributed by atoms with E-state index in [2.05, 4.69) is 0 Å². The summed E-state index contributed by atoms with van der Waals surface area (Å²) >= 11 is 0. The van der Waals surface area contributed by atoms with Gasteiger partial charge in [-0.15, -0.1) is 0 Å². The average Bonchev–Trinajstić information content (AvgIpc) is 2.75. The number of esters is 1. The number of ether oxygens (including phenoxy) is 1. The standard InChI is InChI=1S/C26H25F3O4S/c1-15-11-21(12-16(2)23(15)30)34(22-13-17(3)24(31)18(4)14-22)20-7-5-19(6-8-20)25(32)33-10-9-26(27,28)29/h5-8,11-14H,9-10H2,1-4H3,(H-,30,31)/p+1. The Morgan fingerprint density at radius 3 is 1.59 bits per heavy atom. The minimum atomic E-state index is -4.39. The molecule has 0 aliphatic heterocycles. The van der Waals surface area contributed by atoms with E-state index in [9.17, 15) is 28.2 Å². The van der Waals surface area contributed by atoms with Crippen molar-refractivity contribution in [3.63, 3.8) is 0 Å². The minimum Gasteiger partial charge on any atom is -0.507 e. The average molecular weight is 492 g/mol. The van der Waals surface area contributed by atoms with Gasteiger partial charge < -0.3 is 14.9 Å². The fourth-order valence-electron chi connectivity index (χ4n) is 3.55. The quantitative estimate of drug-likeness (QED) is 0.304. The first-order valence-corrected chi connectivity index (χ1v) is 11.8. The van der Waals surface area contributed by atoms with Gasteiger partial charge in [-0.2, -0.15) is 13.2 Å². The van der Waals surface area contributed by atoms with Gasteiger partial charge in [-0.3, -0.25) is 0 Å². The van der Waals surface area contributed by atoms with Crippen LogP contribution in [0, 0.1) is 27.7 Å². The fourth-order valence-corrected chi connectivity index (χ4v) is 5.95. The van der Waals surface area contributed by atoms with Gasteiger partial charge in [-0.1, -0.05) is 0 Å². The van der Waals surface area contributed by atoms with Crippen molar-refractivity contribution in [2.75, 3.05) is 6.61 Å². The molecule has 2 N–H and O–H groups in total. The molecule has 0 fully saturated rings. The molecule has 0 atom stereocenters. The number of hydrogen-bond acceptors (Lipinski definition) is 4. The highest BCUT2D eigenvalue weighted by Crippen LogP contribution is 2.37. The number of halogens is 3. The molecular formula is C26H26F3O4S+. The first kappa shape index (κ1) is 25.5. The van der Waals surface area contributed by atoms with Crippen molar-refractivity contribution >= 4 is 16.9 Å². The molecule has 0 amide bonds. The number of aryl methyl sites for hydroxylation is 4. The Morgan fingerprint density at radius 1 is 0.794 bits per heavy atom. The normalized spacial score (nSPS) is 11.6. The molecule has 34 heavy (non-hydrogen) atoms. The topological polar surface area (TPSA) is 66.8 Å². The van der Waals surface area contributed by atoms with Gasteiger partial charge in [0.15, 0.2) is 14.7 Å². The maximum atomic E-state index is 12.3. The lowest BCUT2D eigenvalue weighted by molar-refractivity contribution is -0.141. The molecule has 0 heterocycles. The van der Waals surface area contributed by atoms with Crippen LogP contribution in [0.1, 0.15) is 39.0 Å². The Balaban J connectivity index is 2.00. The highest BCUT2D eigenvalue weighted by Gasteiger charge is 2.32. The monoisotopic (exact) mass is 491 g/mol. The van der Waals surface area contributed by atoms with Crippen molar-refractivity contribution in [1.29, 1.82) is 0 Å².